The van der Waals surface area contributed by atoms with Crippen molar-refractivity contribution in [2.45, 2.75) is 26.8 Å². The van der Waals surface area contributed by atoms with Crippen LogP contribution < -0.4 is 0 Å². The third kappa shape index (κ3) is 1.77. The molecule has 2 rings (SSSR count). The summed E-state index contributed by atoms with van der Waals surface area (Å²) in [7, 11) is 0. The lowest BCUT2D eigenvalue weighted by Crippen LogP contribution is -2.05. The van der Waals surface area contributed by atoms with Gasteiger partial charge in [-0.05, 0) is 38.5 Å². The number of hydrogen-bond acceptors (Lipinski definition) is 2. The molecule has 0 spiro atoms. The maximum absolute atomic E-state index is 4.40. The van der Waals surface area contributed by atoms with Crippen LogP contribution in [0.4, 0.5) is 0 Å². The monoisotopic (exact) mass is 201 g/mol. The van der Waals surface area contributed by atoms with Gasteiger partial charge >= 0.3 is 0 Å². The van der Waals surface area contributed by atoms with Crippen LogP contribution in [0.1, 0.15) is 25.5 Å². The Morgan fingerprint density at radius 2 is 2.00 bits per heavy atom. The Bertz CT molecular complexity index is 457. The highest BCUT2D eigenvalue weighted by Gasteiger charge is 2.10. The number of rotatable bonds is 2. The molecule has 3 heteroatoms. The van der Waals surface area contributed by atoms with Gasteiger partial charge < -0.3 is 0 Å². The summed E-state index contributed by atoms with van der Waals surface area (Å²) >= 11 is 0. The quantitative estimate of drug-likeness (QED) is 0.748. The molecule has 15 heavy (non-hydrogen) atoms. The van der Waals surface area contributed by atoms with Crippen LogP contribution >= 0.6 is 0 Å². The van der Waals surface area contributed by atoms with Crippen molar-refractivity contribution in [3.63, 3.8) is 0 Å². The molecule has 0 N–H and O–H groups in total. The molecule has 2 aromatic heterocycles. The van der Waals surface area contributed by atoms with Crippen LogP contribution in [-0.2, 0) is 0 Å². The lowest BCUT2D eigenvalue weighted by molar-refractivity contribution is 0.537. The lowest BCUT2D eigenvalue weighted by atomic mass is 10.1. The Labute approximate surface area is 89.8 Å². The molecule has 0 unspecified atom stereocenters. The molecule has 0 radical (unpaired) electrons. The molecule has 0 aliphatic rings. The maximum Gasteiger partial charge on any atom is 0.0912 e. The minimum atomic E-state index is 0.358. The van der Waals surface area contributed by atoms with E-state index in [1.54, 1.807) is 0 Å². The Morgan fingerprint density at radius 1 is 1.20 bits per heavy atom. The SMILES string of the molecule is Cc1cccnc1-c1ccnn1C(C)C. The molecule has 0 atom stereocenters. The van der Waals surface area contributed by atoms with Crippen LogP contribution in [-0.4, -0.2) is 14.8 Å². The van der Waals surface area contributed by atoms with Gasteiger partial charge in [-0.25, -0.2) is 0 Å². The molecule has 78 valence electrons. The summed E-state index contributed by atoms with van der Waals surface area (Å²) in [5.74, 6) is 0. The maximum atomic E-state index is 4.40. The Morgan fingerprint density at radius 3 is 2.67 bits per heavy atom. The summed E-state index contributed by atoms with van der Waals surface area (Å²) in [6.07, 6.45) is 3.64. The van der Waals surface area contributed by atoms with Gasteiger partial charge in [0.25, 0.3) is 0 Å². The highest BCUT2D eigenvalue weighted by atomic mass is 15.3. The van der Waals surface area contributed by atoms with E-state index >= 15 is 0 Å². The minimum Gasteiger partial charge on any atom is -0.261 e. The zero-order valence-corrected chi connectivity index (χ0v) is 9.31. The molecule has 0 saturated heterocycles. The number of aryl methyl sites for hydroxylation is 1. The standard InChI is InChI=1S/C12H15N3/c1-9(2)15-11(6-8-14-15)12-10(3)5-4-7-13-12/h4-9H,1-3H3. The van der Waals surface area contributed by atoms with E-state index in [-0.39, 0.29) is 0 Å². The van der Waals surface area contributed by atoms with Crippen molar-refractivity contribution in [3.05, 3.63) is 36.2 Å². The average molecular weight is 201 g/mol. The normalized spacial score (nSPS) is 10.9. The van der Waals surface area contributed by atoms with E-state index in [2.05, 4.69) is 36.9 Å². The van der Waals surface area contributed by atoms with Crippen LogP contribution in [0.2, 0.25) is 0 Å². The van der Waals surface area contributed by atoms with Gasteiger partial charge in [0.05, 0.1) is 11.4 Å². The molecule has 2 heterocycles. The Hall–Kier alpha value is -1.64. The van der Waals surface area contributed by atoms with Crippen molar-refractivity contribution in [2.24, 2.45) is 0 Å². The predicted octanol–water partition coefficient (Wildman–Crippen LogP) is 2.83. The van der Waals surface area contributed by atoms with Gasteiger partial charge in [0.15, 0.2) is 0 Å². The molecule has 3 nitrogen and oxygen atoms in total. The molecule has 2 aromatic rings. The Balaban J connectivity index is 2.55. The highest BCUT2D eigenvalue weighted by Crippen LogP contribution is 2.22. The summed E-state index contributed by atoms with van der Waals surface area (Å²) in [6, 6.07) is 6.39. The van der Waals surface area contributed by atoms with E-state index in [1.165, 1.54) is 5.56 Å². The van der Waals surface area contributed by atoms with Crippen LogP contribution in [0.25, 0.3) is 11.4 Å². The fourth-order valence-corrected chi connectivity index (χ4v) is 1.67. The fraction of sp³-hybridized carbons (Fsp3) is 0.333. The van der Waals surface area contributed by atoms with Gasteiger partial charge in [-0.2, -0.15) is 5.10 Å². The summed E-state index contributed by atoms with van der Waals surface area (Å²) in [6.45, 7) is 6.31. The second kappa shape index (κ2) is 3.85. The highest BCUT2D eigenvalue weighted by molar-refractivity contribution is 5.58. The van der Waals surface area contributed by atoms with Crippen LogP contribution in [0, 0.1) is 6.92 Å². The van der Waals surface area contributed by atoms with Crippen molar-refractivity contribution in [1.82, 2.24) is 14.8 Å². The number of pyridine rings is 1. The molecule has 0 aliphatic heterocycles. The van der Waals surface area contributed by atoms with Crippen LogP contribution in [0.3, 0.4) is 0 Å². The second-order valence-corrected chi connectivity index (χ2v) is 3.92. The molecule has 0 aromatic carbocycles. The van der Waals surface area contributed by atoms with E-state index in [0.717, 1.165) is 11.4 Å². The summed E-state index contributed by atoms with van der Waals surface area (Å²) in [4.78, 5) is 4.40. The smallest absolute Gasteiger partial charge is 0.0912 e. The third-order valence-electron chi connectivity index (χ3n) is 2.41. The molecule has 0 bridgehead atoms. The molecule has 0 saturated carbocycles. The van der Waals surface area contributed by atoms with E-state index in [0.29, 0.717) is 6.04 Å². The van der Waals surface area contributed by atoms with Gasteiger partial charge in [0.2, 0.25) is 0 Å². The zero-order valence-electron chi connectivity index (χ0n) is 9.31. The van der Waals surface area contributed by atoms with Gasteiger partial charge in [0.1, 0.15) is 0 Å². The largest absolute Gasteiger partial charge is 0.261 e. The first kappa shape index (κ1) is 9.90. The van der Waals surface area contributed by atoms with Gasteiger partial charge in [-0.15, -0.1) is 0 Å². The molecule has 0 amide bonds. The number of hydrogen-bond donors (Lipinski definition) is 0. The molecule has 0 fully saturated rings. The van der Waals surface area contributed by atoms with Crippen LogP contribution in [0.15, 0.2) is 30.6 Å². The molecule has 0 aliphatic carbocycles. The van der Waals surface area contributed by atoms with Crippen molar-refractivity contribution in [3.8, 4) is 11.4 Å². The van der Waals surface area contributed by atoms with Crippen LogP contribution in [0.5, 0.6) is 0 Å². The van der Waals surface area contributed by atoms with Gasteiger partial charge in [0, 0.05) is 18.4 Å². The van der Waals surface area contributed by atoms with Gasteiger partial charge in [-0.3, -0.25) is 9.67 Å². The second-order valence-electron chi connectivity index (χ2n) is 3.92. The first-order valence-corrected chi connectivity index (χ1v) is 5.15. The van der Waals surface area contributed by atoms with E-state index in [9.17, 15) is 0 Å². The van der Waals surface area contributed by atoms with Crippen molar-refractivity contribution < 1.29 is 0 Å². The molecular formula is C12H15N3. The van der Waals surface area contributed by atoms with E-state index in [4.69, 9.17) is 0 Å². The summed E-state index contributed by atoms with van der Waals surface area (Å²) < 4.78 is 2.00. The lowest BCUT2D eigenvalue weighted by Gasteiger charge is -2.11. The first-order chi connectivity index (χ1) is 7.20. The summed E-state index contributed by atoms with van der Waals surface area (Å²) in [5, 5.41) is 4.31. The first-order valence-electron chi connectivity index (χ1n) is 5.15. The fourth-order valence-electron chi connectivity index (χ4n) is 1.67. The predicted molar refractivity (Wildman–Crippen MR) is 60.6 cm³/mol. The zero-order chi connectivity index (χ0) is 10.8. The average Bonchev–Trinajstić information content (AvgIpc) is 2.67. The van der Waals surface area contributed by atoms with Gasteiger partial charge in [-0.1, -0.05) is 6.07 Å². The van der Waals surface area contributed by atoms with Crippen molar-refractivity contribution in [2.75, 3.05) is 0 Å². The number of aromatic nitrogens is 3. The topological polar surface area (TPSA) is 30.7 Å². The minimum absolute atomic E-state index is 0.358. The summed E-state index contributed by atoms with van der Waals surface area (Å²) in [5.41, 5.74) is 3.28. The van der Waals surface area contributed by atoms with Crippen molar-refractivity contribution >= 4 is 0 Å². The number of nitrogens with zero attached hydrogens (tertiary/aromatic N) is 3. The third-order valence-corrected chi connectivity index (χ3v) is 2.41. The van der Waals surface area contributed by atoms with Crippen molar-refractivity contribution in [1.29, 1.82) is 0 Å². The Kier molecular flexibility index (Phi) is 2.54. The van der Waals surface area contributed by atoms with E-state index in [1.807, 2.05) is 29.2 Å². The molecular weight excluding hydrogens is 186 g/mol. The van der Waals surface area contributed by atoms with E-state index < -0.39 is 0 Å².